The van der Waals surface area contributed by atoms with Crippen LogP contribution in [0.5, 0.6) is 0 Å². The first-order valence-electron chi connectivity index (χ1n) is 6.63. The van der Waals surface area contributed by atoms with Gasteiger partial charge in [0.25, 0.3) is 5.91 Å². The third-order valence-corrected chi connectivity index (χ3v) is 4.11. The average molecular weight is 304 g/mol. The summed E-state index contributed by atoms with van der Waals surface area (Å²) < 4.78 is 0. The number of carbonyl (C=O) groups excluding carboxylic acids is 1. The van der Waals surface area contributed by atoms with E-state index < -0.39 is 5.72 Å². The second-order valence-electron chi connectivity index (χ2n) is 5.28. The lowest BCUT2D eigenvalue weighted by Crippen LogP contribution is -2.44. The Kier molecular flexibility index (Phi) is 3.46. The number of carbonyl (C=O) groups is 1. The van der Waals surface area contributed by atoms with Gasteiger partial charge in [-0.25, -0.2) is 9.99 Å². The van der Waals surface area contributed by atoms with E-state index in [2.05, 4.69) is 15.1 Å². The number of thioether (sulfide) groups is 1. The zero-order valence-electron chi connectivity index (χ0n) is 11.8. The maximum atomic E-state index is 12.2. The molecule has 3 rings (SSSR count). The van der Waals surface area contributed by atoms with Crippen molar-refractivity contribution in [1.29, 1.82) is 0 Å². The minimum atomic E-state index is -1.23. The number of H-pyrrole nitrogens is 1. The van der Waals surface area contributed by atoms with Gasteiger partial charge in [0.1, 0.15) is 0 Å². The fourth-order valence-electron chi connectivity index (χ4n) is 2.39. The number of amides is 1. The monoisotopic (exact) mass is 304 g/mol. The van der Waals surface area contributed by atoms with Gasteiger partial charge in [-0.1, -0.05) is 23.9 Å². The van der Waals surface area contributed by atoms with Crippen molar-refractivity contribution in [3.8, 4) is 0 Å². The van der Waals surface area contributed by atoms with E-state index in [0.29, 0.717) is 11.6 Å². The van der Waals surface area contributed by atoms with Gasteiger partial charge >= 0.3 is 0 Å². The molecule has 0 saturated carbocycles. The molecule has 0 bridgehead atoms. The lowest BCUT2D eigenvalue weighted by molar-refractivity contribution is -0.148. The summed E-state index contributed by atoms with van der Waals surface area (Å²) in [5, 5.41) is 16.1. The van der Waals surface area contributed by atoms with Gasteiger partial charge < -0.3 is 10.1 Å². The maximum absolute atomic E-state index is 12.2. The molecule has 1 aromatic carbocycles. The number of rotatable bonds is 3. The van der Waals surface area contributed by atoms with Crippen LogP contribution < -0.4 is 0 Å². The number of aromatic amines is 1. The normalized spacial score (nSPS) is 21.9. The lowest BCUT2D eigenvalue weighted by Gasteiger charge is -2.26. The zero-order chi connectivity index (χ0) is 15.0. The molecule has 0 fully saturated rings. The molecule has 0 spiro atoms. The molecular formula is C14H16N4O2S. The van der Waals surface area contributed by atoms with Crippen molar-refractivity contribution < 1.29 is 9.90 Å². The molecule has 0 saturated heterocycles. The molecule has 0 unspecified atom stereocenters. The SMILES string of the molecule is CC1=NN(C(=O)CSc2nc3ccccc3[nH]2)[C@@](C)(O)C1. The number of nitrogens with zero attached hydrogens (tertiary/aromatic N) is 3. The third-order valence-electron chi connectivity index (χ3n) is 3.25. The molecule has 0 aliphatic carbocycles. The molecule has 6 nitrogen and oxygen atoms in total. The summed E-state index contributed by atoms with van der Waals surface area (Å²) in [4.78, 5) is 19.7. The number of hydrogen-bond donors (Lipinski definition) is 2. The van der Waals surface area contributed by atoms with E-state index in [9.17, 15) is 9.90 Å². The largest absolute Gasteiger partial charge is 0.369 e. The number of para-hydroxylation sites is 2. The van der Waals surface area contributed by atoms with E-state index in [1.807, 2.05) is 24.3 Å². The minimum Gasteiger partial charge on any atom is -0.369 e. The van der Waals surface area contributed by atoms with E-state index in [-0.39, 0.29) is 11.7 Å². The smallest absolute Gasteiger partial charge is 0.255 e. The number of aromatic nitrogens is 2. The van der Waals surface area contributed by atoms with Crippen LogP contribution in [0.1, 0.15) is 20.3 Å². The van der Waals surface area contributed by atoms with Crippen molar-refractivity contribution in [1.82, 2.24) is 15.0 Å². The highest BCUT2D eigenvalue weighted by atomic mass is 32.2. The topological polar surface area (TPSA) is 81.6 Å². The van der Waals surface area contributed by atoms with Gasteiger partial charge in [-0.05, 0) is 26.0 Å². The van der Waals surface area contributed by atoms with Gasteiger partial charge in [-0.2, -0.15) is 5.10 Å². The molecule has 1 aliphatic rings. The fourth-order valence-corrected chi connectivity index (χ4v) is 3.11. The average Bonchev–Trinajstić information content (AvgIpc) is 2.95. The van der Waals surface area contributed by atoms with Crippen LogP contribution in [0.4, 0.5) is 0 Å². The van der Waals surface area contributed by atoms with Crippen molar-refractivity contribution in [3.63, 3.8) is 0 Å². The summed E-state index contributed by atoms with van der Waals surface area (Å²) in [5.74, 6) is -0.0606. The summed E-state index contributed by atoms with van der Waals surface area (Å²) in [5.41, 5.74) is 1.33. The Labute approximate surface area is 126 Å². The predicted octanol–water partition coefficient (Wildman–Crippen LogP) is 1.97. The van der Waals surface area contributed by atoms with Gasteiger partial charge in [0.2, 0.25) is 0 Å². The van der Waals surface area contributed by atoms with Crippen molar-refractivity contribution in [2.75, 3.05) is 5.75 Å². The molecule has 2 heterocycles. The Hall–Kier alpha value is -1.86. The van der Waals surface area contributed by atoms with Crippen LogP contribution in [0.2, 0.25) is 0 Å². The van der Waals surface area contributed by atoms with Crippen LogP contribution in [-0.2, 0) is 4.79 Å². The van der Waals surface area contributed by atoms with Gasteiger partial charge in [0.15, 0.2) is 10.9 Å². The summed E-state index contributed by atoms with van der Waals surface area (Å²) in [6.07, 6.45) is 0.383. The fraction of sp³-hybridized carbons (Fsp3) is 0.357. The lowest BCUT2D eigenvalue weighted by atomic mass is 10.1. The molecular weight excluding hydrogens is 288 g/mol. The minimum absolute atomic E-state index is 0.173. The summed E-state index contributed by atoms with van der Waals surface area (Å²) >= 11 is 1.30. The van der Waals surface area contributed by atoms with Crippen molar-refractivity contribution in [2.24, 2.45) is 5.10 Å². The van der Waals surface area contributed by atoms with E-state index in [0.717, 1.165) is 21.8 Å². The maximum Gasteiger partial charge on any atom is 0.255 e. The number of nitrogens with one attached hydrogen (secondary N) is 1. The van der Waals surface area contributed by atoms with Gasteiger partial charge in [-0.15, -0.1) is 0 Å². The molecule has 7 heteroatoms. The Morgan fingerprint density at radius 1 is 1.52 bits per heavy atom. The second kappa shape index (κ2) is 5.16. The van der Waals surface area contributed by atoms with Gasteiger partial charge in [0.05, 0.1) is 16.8 Å². The van der Waals surface area contributed by atoms with E-state index in [1.165, 1.54) is 11.8 Å². The molecule has 2 aromatic rings. The Bertz CT molecular complexity index is 690. The van der Waals surface area contributed by atoms with Crippen LogP contribution in [0.3, 0.4) is 0 Å². The molecule has 0 radical (unpaired) electrons. The highest BCUT2D eigenvalue weighted by Gasteiger charge is 2.38. The quantitative estimate of drug-likeness (QED) is 0.849. The standard InChI is InChI=1S/C14H16N4O2S/c1-9-7-14(2,20)18(17-9)12(19)8-21-13-15-10-5-3-4-6-11(10)16-13/h3-6,20H,7-8H2,1-2H3,(H,15,16)/t14-/m0/s1. The van der Waals surface area contributed by atoms with Crippen LogP contribution in [0.25, 0.3) is 11.0 Å². The molecule has 1 aliphatic heterocycles. The predicted molar refractivity (Wildman–Crippen MR) is 82.0 cm³/mol. The first-order valence-corrected chi connectivity index (χ1v) is 7.61. The first kappa shape index (κ1) is 14.1. The van der Waals surface area contributed by atoms with Crippen LogP contribution in [-0.4, -0.2) is 43.2 Å². The molecule has 1 atom stereocenters. The van der Waals surface area contributed by atoms with Crippen LogP contribution >= 0.6 is 11.8 Å². The number of fused-ring (bicyclic) bond motifs is 1. The number of hydrogen-bond acceptors (Lipinski definition) is 5. The van der Waals surface area contributed by atoms with Crippen molar-refractivity contribution in [2.45, 2.75) is 31.1 Å². The number of benzene rings is 1. The third kappa shape index (κ3) is 2.79. The van der Waals surface area contributed by atoms with Crippen molar-refractivity contribution in [3.05, 3.63) is 24.3 Å². The van der Waals surface area contributed by atoms with E-state index >= 15 is 0 Å². The molecule has 21 heavy (non-hydrogen) atoms. The highest BCUT2D eigenvalue weighted by Crippen LogP contribution is 2.26. The summed E-state index contributed by atoms with van der Waals surface area (Å²) in [6, 6.07) is 7.70. The molecule has 2 N–H and O–H groups in total. The molecule has 1 aromatic heterocycles. The highest BCUT2D eigenvalue weighted by molar-refractivity contribution is 7.99. The first-order chi connectivity index (χ1) is 9.95. The Morgan fingerprint density at radius 2 is 2.29 bits per heavy atom. The summed E-state index contributed by atoms with van der Waals surface area (Å²) in [6.45, 7) is 3.39. The van der Waals surface area contributed by atoms with E-state index in [1.54, 1.807) is 13.8 Å². The Balaban J connectivity index is 1.68. The Morgan fingerprint density at radius 3 is 2.95 bits per heavy atom. The second-order valence-corrected chi connectivity index (χ2v) is 6.25. The van der Waals surface area contributed by atoms with Gasteiger partial charge in [-0.3, -0.25) is 4.79 Å². The number of hydrazone groups is 1. The van der Waals surface area contributed by atoms with E-state index in [4.69, 9.17) is 0 Å². The summed E-state index contributed by atoms with van der Waals surface area (Å²) in [7, 11) is 0. The van der Waals surface area contributed by atoms with Crippen molar-refractivity contribution >= 4 is 34.4 Å². The number of imidazole rings is 1. The van der Waals surface area contributed by atoms with Crippen LogP contribution in [0, 0.1) is 0 Å². The number of aliphatic hydroxyl groups is 1. The zero-order valence-corrected chi connectivity index (χ0v) is 12.6. The molecule has 1 amide bonds. The van der Waals surface area contributed by atoms with Crippen LogP contribution in [0.15, 0.2) is 34.5 Å². The van der Waals surface area contributed by atoms with Gasteiger partial charge in [0, 0.05) is 12.1 Å². The molecule has 110 valence electrons.